The number of rotatable bonds is 9. The number of pyridine rings is 1. The van der Waals surface area contributed by atoms with Crippen molar-refractivity contribution in [3.8, 4) is 17.2 Å². The van der Waals surface area contributed by atoms with Crippen molar-refractivity contribution in [2.45, 2.75) is 38.5 Å². The van der Waals surface area contributed by atoms with E-state index in [1.54, 1.807) is 19.2 Å². The number of carbonyl (C=O) groups excluding carboxylic acids is 1. The van der Waals surface area contributed by atoms with Crippen LogP contribution in [-0.4, -0.2) is 44.1 Å². The van der Waals surface area contributed by atoms with E-state index >= 15 is 0 Å². The molecule has 0 spiro atoms. The van der Waals surface area contributed by atoms with Gasteiger partial charge in [0.05, 0.1) is 12.6 Å². The van der Waals surface area contributed by atoms with Crippen LogP contribution in [0.5, 0.6) is 17.2 Å². The average molecular weight is 580 g/mol. The molecule has 1 N–H and O–H groups in total. The highest BCUT2D eigenvalue weighted by Gasteiger charge is 2.31. The summed E-state index contributed by atoms with van der Waals surface area (Å²) >= 11 is 0. The number of hydrogen-bond acceptors (Lipinski definition) is 6. The molecule has 7 nitrogen and oxygen atoms in total. The second kappa shape index (κ2) is 12.6. The van der Waals surface area contributed by atoms with Gasteiger partial charge in [0, 0.05) is 41.6 Å². The molecular weight excluding hydrogens is 547 g/mol. The van der Waals surface area contributed by atoms with Gasteiger partial charge >= 0.3 is 6.36 Å². The van der Waals surface area contributed by atoms with E-state index in [0.717, 1.165) is 60.2 Å². The molecule has 2 heterocycles. The molecule has 0 bridgehead atoms. The molecule has 10 heteroatoms. The lowest BCUT2D eigenvalue weighted by molar-refractivity contribution is -0.274. The molecule has 1 aliphatic heterocycles. The maximum absolute atomic E-state index is 12.7. The SMILES string of the molecule is CCc1cc(OCC(=O)Nc2ccc(N3CCC(c4ccc(OC(F)(F)F)cc4)CC3)cc2)c2cc(OC)ccc2n1. The predicted molar refractivity (Wildman–Crippen MR) is 156 cm³/mol. The lowest BCUT2D eigenvalue weighted by Gasteiger charge is -2.34. The van der Waals surface area contributed by atoms with Crippen molar-refractivity contribution in [1.82, 2.24) is 4.98 Å². The second-order valence-corrected chi connectivity index (χ2v) is 10.1. The number of amides is 1. The average Bonchev–Trinajstić information content (AvgIpc) is 2.99. The molecule has 42 heavy (non-hydrogen) atoms. The normalized spacial score (nSPS) is 14.1. The molecule has 4 aromatic rings. The van der Waals surface area contributed by atoms with Gasteiger partial charge in [0.15, 0.2) is 6.61 Å². The molecule has 5 rings (SSSR count). The van der Waals surface area contributed by atoms with Crippen LogP contribution in [0, 0.1) is 0 Å². The van der Waals surface area contributed by atoms with E-state index in [1.807, 2.05) is 55.5 Å². The number of aryl methyl sites for hydroxylation is 1. The van der Waals surface area contributed by atoms with Crippen LogP contribution in [0.4, 0.5) is 24.5 Å². The maximum atomic E-state index is 12.7. The topological polar surface area (TPSA) is 72.9 Å². The molecule has 1 amide bonds. The maximum Gasteiger partial charge on any atom is 0.573 e. The van der Waals surface area contributed by atoms with Crippen LogP contribution in [0.3, 0.4) is 0 Å². The molecule has 0 radical (unpaired) electrons. The summed E-state index contributed by atoms with van der Waals surface area (Å²) < 4.78 is 52.5. The van der Waals surface area contributed by atoms with E-state index in [0.29, 0.717) is 17.2 Å². The molecule has 1 aromatic heterocycles. The first-order chi connectivity index (χ1) is 20.2. The molecule has 0 unspecified atom stereocenters. The minimum absolute atomic E-state index is 0.155. The third-order valence-electron chi connectivity index (χ3n) is 7.35. The van der Waals surface area contributed by atoms with Gasteiger partial charge in [-0.25, -0.2) is 0 Å². The Hall–Kier alpha value is -4.47. The number of benzene rings is 3. The summed E-state index contributed by atoms with van der Waals surface area (Å²) in [7, 11) is 1.60. The van der Waals surface area contributed by atoms with E-state index in [2.05, 4.69) is 19.9 Å². The van der Waals surface area contributed by atoms with Gasteiger partial charge in [-0.2, -0.15) is 0 Å². The third kappa shape index (κ3) is 7.23. The Morgan fingerprint density at radius 2 is 1.67 bits per heavy atom. The van der Waals surface area contributed by atoms with Gasteiger partial charge in [-0.3, -0.25) is 9.78 Å². The smallest absolute Gasteiger partial charge is 0.497 e. The highest BCUT2D eigenvalue weighted by Crippen LogP contribution is 2.33. The molecule has 1 aliphatic rings. The monoisotopic (exact) mass is 579 g/mol. The molecule has 0 aliphatic carbocycles. The summed E-state index contributed by atoms with van der Waals surface area (Å²) in [6, 6.07) is 21.2. The number of methoxy groups -OCH3 is 1. The van der Waals surface area contributed by atoms with Gasteiger partial charge in [-0.1, -0.05) is 19.1 Å². The Balaban J connectivity index is 1.13. The number of carbonyl (C=O) groups is 1. The van der Waals surface area contributed by atoms with E-state index in [4.69, 9.17) is 9.47 Å². The minimum Gasteiger partial charge on any atom is -0.497 e. The summed E-state index contributed by atoms with van der Waals surface area (Å²) in [4.78, 5) is 19.6. The first kappa shape index (κ1) is 29.0. The van der Waals surface area contributed by atoms with E-state index in [9.17, 15) is 18.0 Å². The van der Waals surface area contributed by atoms with Gasteiger partial charge < -0.3 is 24.4 Å². The molecule has 1 saturated heterocycles. The zero-order chi connectivity index (χ0) is 29.7. The quantitative estimate of drug-likeness (QED) is 0.228. The van der Waals surface area contributed by atoms with Crippen molar-refractivity contribution in [3.63, 3.8) is 0 Å². The predicted octanol–water partition coefficient (Wildman–Crippen LogP) is 7.11. The van der Waals surface area contributed by atoms with Crippen molar-refractivity contribution in [2.75, 3.05) is 37.0 Å². The van der Waals surface area contributed by atoms with Gasteiger partial charge in [0.25, 0.3) is 5.91 Å². The summed E-state index contributed by atoms with van der Waals surface area (Å²) in [5.74, 6) is 1.04. The third-order valence-corrected chi connectivity index (χ3v) is 7.35. The van der Waals surface area contributed by atoms with E-state index in [-0.39, 0.29) is 24.2 Å². The number of nitrogens with zero attached hydrogens (tertiary/aromatic N) is 2. The number of anilines is 2. The number of piperidine rings is 1. The number of fused-ring (bicyclic) bond motifs is 1. The van der Waals surface area contributed by atoms with Crippen LogP contribution in [-0.2, 0) is 11.2 Å². The van der Waals surface area contributed by atoms with Crippen molar-refractivity contribution in [3.05, 3.63) is 84.1 Å². The number of hydrogen-bond donors (Lipinski definition) is 1. The Morgan fingerprint density at radius 1 is 0.976 bits per heavy atom. The Labute approximate surface area is 242 Å². The van der Waals surface area contributed by atoms with Crippen molar-refractivity contribution < 1.29 is 32.2 Å². The Kier molecular flexibility index (Phi) is 8.70. The number of aromatic nitrogens is 1. The highest BCUT2D eigenvalue weighted by molar-refractivity contribution is 5.93. The minimum atomic E-state index is -4.69. The van der Waals surface area contributed by atoms with Gasteiger partial charge in [0.1, 0.15) is 17.2 Å². The van der Waals surface area contributed by atoms with Gasteiger partial charge in [0.2, 0.25) is 0 Å². The Morgan fingerprint density at radius 3 is 2.31 bits per heavy atom. The lowest BCUT2D eigenvalue weighted by atomic mass is 9.89. The molecule has 220 valence electrons. The molecule has 1 fully saturated rings. The number of nitrogens with one attached hydrogen (secondary N) is 1. The van der Waals surface area contributed by atoms with E-state index < -0.39 is 6.36 Å². The fraction of sp³-hybridized carbons (Fsp3) is 0.312. The standard InChI is InChI=1S/C32H32F3N3O4/c1-3-23-18-30(28-19-27(40-2)12-13-29(28)36-23)41-20-31(39)37-24-6-8-25(9-7-24)38-16-14-22(15-17-38)21-4-10-26(11-5-21)42-32(33,34)35/h4-13,18-19,22H,3,14-17,20H2,1-2H3,(H,37,39). The first-order valence-electron chi connectivity index (χ1n) is 13.8. The van der Waals surface area contributed by atoms with Crippen LogP contribution in [0.1, 0.15) is 36.9 Å². The summed E-state index contributed by atoms with van der Waals surface area (Å²) in [5.41, 5.74) is 4.36. The van der Waals surface area contributed by atoms with Crippen LogP contribution in [0.15, 0.2) is 72.8 Å². The van der Waals surface area contributed by atoms with Crippen LogP contribution in [0.25, 0.3) is 10.9 Å². The number of halogens is 3. The van der Waals surface area contributed by atoms with Crippen molar-refractivity contribution in [2.24, 2.45) is 0 Å². The van der Waals surface area contributed by atoms with Gasteiger partial charge in [-0.15, -0.1) is 13.2 Å². The summed E-state index contributed by atoms with van der Waals surface area (Å²) in [5, 5.41) is 3.66. The number of ether oxygens (including phenoxy) is 3. The second-order valence-electron chi connectivity index (χ2n) is 10.1. The highest BCUT2D eigenvalue weighted by atomic mass is 19.4. The summed E-state index contributed by atoms with van der Waals surface area (Å²) in [6.07, 6.45) is -2.19. The molecular formula is C32H32F3N3O4. The van der Waals surface area contributed by atoms with Gasteiger partial charge in [-0.05, 0) is 85.3 Å². The van der Waals surface area contributed by atoms with Crippen LogP contribution < -0.4 is 24.4 Å². The number of alkyl halides is 3. The van der Waals surface area contributed by atoms with Crippen molar-refractivity contribution in [1.29, 1.82) is 0 Å². The first-order valence-corrected chi connectivity index (χ1v) is 13.8. The molecule has 0 saturated carbocycles. The zero-order valence-electron chi connectivity index (χ0n) is 23.4. The lowest BCUT2D eigenvalue weighted by Crippen LogP contribution is -2.32. The van der Waals surface area contributed by atoms with Crippen LogP contribution >= 0.6 is 0 Å². The van der Waals surface area contributed by atoms with Crippen LogP contribution in [0.2, 0.25) is 0 Å². The Bertz CT molecular complexity index is 1520. The fourth-order valence-corrected chi connectivity index (χ4v) is 5.16. The van der Waals surface area contributed by atoms with Crippen molar-refractivity contribution >= 4 is 28.2 Å². The zero-order valence-corrected chi connectivity index (χ0v) is 23.4. The molecule has 0 atom stereocenters. The van der Waals surface area contributed by atoms with E-state index in [1.165, 1.54) is 12.1 Å². The summed E-state index contributed by atoms with van der Waals surface area (Å²) in [6.45, 7) is 3.49. The fourth-order valence-electron chi connectivity index (χ4n) is 5.16. The largest absolute Gasteiger partial charge is 0.573 e. The molecule has 3 aromatic carbocycles.